The lowest BCUT2D eigenvalue weighted by molar-refractivity contribution is -0.120. The van der Waals surface area contributed by atoms with Gasteiger partial charge in [-0.2, -0.15) is 0 Å². The molecule has 18 heavy (non-hydrogen) atoms. The van der Waals surface area contributed by atoms with Crippen molar-refractivity contribution in [1.82, 2.24) is 10.6 Å². The van der Waals surface area contributed by atoms with E-state index in [1.54, 1.807) is 13.0 Å². The molecule has 98 valence electrons. The zero-order valence-corrected chi connectivity index (χ0v) is 10.2. The van der Waals surface area contributed by atoms with Crippen LogP contribution in [0, 0.1) is 11.6 Å². The maximum atomic E-state index is 13.5. The minimum absolute atomic E-state index is 0.0327. The summed E-state index contributed by atoms with van der Waals surface area (Å²) >= 11 is 0. The molecule has 1 aromatic rings. The highest BCUT2D eigenvalue weighted by molar-refractivity contribution is 5.78. The van der Waals surface area contributed by atoms with Crippen LogP contribution in [0.4, 0.5) is 8.78 Å². The smallest absolute Gasteiger partial charge is 0.234 e. The van der Waals surface area contributed by atoms with Crippen LogP contribution in [0.5, 0.6) is 0 Å². The first-order chi connectivity index (χ1) is 8.56. The summed E-state index contributed by atoms with van der Waals surface area (Å²) in [6, 6.07) is 3.53. The number of hydrogen-bond acceptors (Lipinski definition) is 2. The first-order valence-corrected chi connectivity index (χ1v) is 5.61. The Kier molecular flexibility index (Phi) is 5.45. The number of carbonyl (C=O) groups is 1. The van der Waals surface area contributed by atoms with Crippen molar-refractivity contribution in [2.45, 2.75) is 13.0 Å². The molecule has 0 saturated carbocycles. The summed E-state index contributed by atoms with van der Waals surface area (Å²) in [5.41, 5.74) is 0.200. The van der Waals surface area contributed by atoms with E-state index in [4.69, 9.17) is 0 Å². The van der Waals surface area contributed by atoms with Gasteiger partial charge in [-0.05, 0) is 13.0 Å². The van der Waals surface area contributed by atoms with E-state index in [1.165, 1.54) is 12.1 Å². The molecule has 1 aromatic carbocycles. The molecule has 0 aliphatic heterocycles. The molecular weight excluding hydrogens is 238 g/mol. The van der Waals surface area contributed by atoms with Crippen molar-refractivity contribution in [3.8, 4) is 0 Å². The largest absolute Gasteiger partial charge is 0.352 e. The molecule has 0 aromatic heterocycles. The summed E-state index contributed by atoms with van der Waals surface area (Å²) < 4.78 is 26.5. The highest BCUT2D eigenvalue weighted by atomic mass is 19.2. The third-order valence-electron chi connectivity index (χ3n) is 2.46. The van der Waals surface area contributed by atoms with Gasteiger partial charge in [0.15, 0.2) is 11.6 Å². The lowest BCUT2D eigenvalue weighted by atomic mass is 10.1. The summed E-state index contributed by atoms with van der Waals surface area (Å²) in [5.74, 6) is -2.00. The van der Waals surface area contributed by atoms with Crippen LogP contribution in [-0.4, -0.2) is 19.0 Å². The summed E-state index contributed by atoms with van der Waals surface area (Å²) in [5, 5.41) is 5.40. The third-order valence-corrected chi connectivity index (χ3v) is 2.46. The van der Waals surface area contributed by atoms with Crippen molar-refractivity contribution in [2.24, 2.45) is 0 Å². The Bertz CT molecular complexity index is 435. The topological polar surface area (TPSA) is 41.1 Å². The maximum absolute atomic E-state index is 13.5. The van der Waals surface area contributed by atoms with Crippen molar-refractivity contribution in [3.05, 3.63) is 48.1 Å². The van der Waals surface area contributed by atoms with Crippen LogP contribution in [0.3, 0.4) is 0 Å². The normalized spacial score (nSPS) is 11.9. The van der Waals surface area contributed by atoms with Crippen LogP contribution < -0.4 is 10.6 Å². The number of amides is 1. The number of benzene rings is 1. The van der Waals surface area contributed by atoms with E-state index in [-0.39, 0.29) is 18.0 Å². The van der Waals surface area contributed by atoms with Gasteiger partial charge >= 0.3 is 0 Å². The van der Waals surface area contributed by atoms with Crippen molar-refractivity contribution in [3.63, 3.8) is 0 Å². The molecule has 0 aliphatic carbocycles. The molecule has 3 nitrogen and oxygen atoms in total. The van der Waals surface area contributed by atoms with Gasteiger partial charge in [-0.15, -0.1) is 6.58 Å². The Morgan fingerprint density at radius 2 is 2.22 bits per heavy atom. The van der Waals surface area contributed by atoms with Crippen LogP contribution in [0.1, 0.15) is 18.5 Å². The predicted octanol–water partition coefficient (Wildman–Crippen LogP) is 1.92. The quantitative estimate of drug-likeness (QED) is 0.761. The first-order valence-electron chi connectivity index (χ1n) is 5.61. The molecule has 0 saturated heterocycles. The molecule has 2 N–H and O–H groups in total. The Labute approximate surface area is 105 Å². The van der Waals surface area contributed by atoms with Gasteiger partial charge in [-0.1, -0.05) is 18.2 Å². The minimum atomic E-state index is -0.891. The fourth-order valence-electron chi connectivity index (χ4n) is 1.46. The van der Waals surface area contributed by atoms with Crippen molar-refractivity contribution in [1.29, 1.82) is 0 Å². The molecule has 1 amide bonds. The minimum Gasteiger partial charge on any atom is -0.352 e. The lowest BCUT2D eigenvalue weighted by Gasteiger charge is -2.14. The molecule has 0 spiro atoms. The second kappa shape index (κ2) is 6.86. The van der Waals surface area contributed by atoms with Gasteiger partial charge in [0.2, 0.25) is 5.91 Å². The number of hydrogen-bond donors (Lipinski definition) is 2. The monoisotopic (exact) mass is 254 g/mol. The van der Waals surface area contributed by atoms with Crippen molar-refractivity contribution >= 4 is 5.91 Å². The number of carbonyl (C=O) groups excluding carboxylic acids is 1. The Balaban J connectivity index is 2.55. The highest BCUT2D eigenvalue weighted by Gasteiger charge is 2.14. The maximum Gasteiger partial charge on any atom is 0.234 e. The lowest BCUT2D eigenvalue weighted by Crippen LogP contribution is -2.35. The van der Waals surface area contributed by atoms with E-state index in [1.807, 2.05) is 0 Å². The van der Waals surface area contributed by atoms with Crippen LogP contribution in [0.15, 0.2) is 30.9 Å². The van der Waals surface area contributed by atoms with Gasteiger partial charge in [0.1, 0.15) is 0 Å². The molecule has 0 aliphatic rings. The first kappa shape index (κ1) is 14.3. The summed E-state index contributed by atoms with van der Waals surface area (Å²) in [7, 11) is 0. The number of rotatable bonds is 6. The molecule has 0 unspecified atom stereocenters. The zero-order chi connectivity index (χ0) is 13.5. The van der Waals surface area contributed by atoms with Crippen LogP contribution >= 0.6 is 0 Å². The Morgan fingerprint density at radius 1 is 1.50 bits per heavy atom. The van der Waals surface area contributed by atoms with E-state index in [0.29, 0.717) is 6.54 Å². The Morgan fingerprint density at radius 3 is 2.89 bits per heavy atom. The fraction of sp³-hybridized carbons (Fsp3) is 0.308. The van der Waals surface area contributed by atoms with Gasteiger partial charge in [0.05, 0.1) is 6.54 Å². The van der Waals surface area contributed by atoms with Gasteiger partial charge < -0.3 is 10.6 Å². The van der Waals surface area contributed by atoms with Gasteiger partial charge in [-0.3, -0.25) is 4.79 Å². The van der Waals surface area contributed by atoms with Gasteiger partial charge in [-0.25, -0.2) is 8.78 Å². The summed E-state index contributed by atoms with van der Waals surface area (Å²) in [4.78, 5) is 11.3. The van der Waals surface area contributed by atoms with Gasteiger partial charge in [0.25, 0.3) is 0 Å². The second-order valence-electron chi connectivity index (χ2n) is 3.84. The molecule has 0 fully saturated rings. The second-order valence-corrected chi connectivity index (χ2v) is 3.84. The molecule has 0 heterocycles. The van der Waals surface area contributed by atoms with Crippen LogP contribution in [-0.2, 0) is 4.79 Å². The molecule has 1 atom stereocenters. The van der Waals surface area contributed by atoms with E-state index < -0.39 is 17.7 Å². The average Bonchev–Trinajstić information content (AvgIpc) is 2.36. The zero-order valence-electron chi connectivity index (χ0n) is 10.2. The molecule has 0 bridgehead atoms. The van der Waals surface area contributed by atoms with Crippen LogP contribution in [0.2, 0.25) is 0 Å². The van der Waals surface area contributed by atoms with E-state index >= 15 is 0 Å². The standard InChI is InChI=1S/C13H16F2N2O/c1-3-7-16-12(18)8-17-9(2)10-5-4-6-11(14)13(10)15/h3-6,9,17H,1,7-8H2,2H3,(H,16,18)/t9-/m0/s1. The summed E-state index contributed by atoms with van der Waals surface area (Å²) in [6.07, 6.45) is 1.56. The number of nitrogens with one attached hydrogen (secondary N) is 2. The van der Waals surface area contributed by atoms with Crippen LogP contribution in [0.25, 0.3) is 0 Å². The number of halogens is 2. The molecule has 0 radical (unpaired) electrons. The predicted molar refractivity (Wildman–Crippen MR) is 66.0 cm³/mol. The van der Waals surface area contributed by atoms with Crippen molar-refractivity contribution < 1.29 is 13.6 Å². The van der Waals surface area contributed by atoms with E-state index in [2.05, 4.69) is 17.2 Å². The SMILES string of the molecule is C=CCNC(=O)CN[C@@H](C)c1cccc(F)c1F. The van der Waals surface area contributed by atoms with E-state index in [9.17, 15) is 13.6 Å². The third kappa shape index (κ3) is 3.92. The molecule has 5 heteroatoms. The van der Waals surface area contributed by atoms with E-state index in [0.717, 1.165) is 6.07 Å². The van der Waals surface area contributed by atoms with Crippen molar-refractivity contribution in [2.75, 3.05) is 13.1 Å². The highest BCUT2D eigenvalue weighted by Crippen LogP contribution is 2.18. The Hall–Kier alpha value is -1.75. The van der Waals surface area contributed by atoms with Gasteiger partial charge in [0, 0.05) is 18.2 Å². The summed E-state index contributed by atoms with van der Waals surface area (Å²) in [6.45, 7) is 5.55. The average molecular weight is 254 g/mol. The fourth-order valence-corrected chi connectivity index (χ4v) is 1.46. The molecule has 1 rings (SSSR count). The molecular formula is C13H16F2N2O.